The van der Waals surface area contributed by atoms with Crippen molar-refractivity contribution in [2.24, 2.45) is 0 Å². The number of nitrogens with one attached hydrogen (secondary N) is 1. The molecule has 2 rings (SSSR count). The van der Waals surface area contributed by atoms with Crippen molar-refractivity contribution in [3.63, 3.8) is 0 Å². The fourth-order valence-electron chi connectivity index (χ4n) is 1.77. The van der Waals surface area contributed by atoms with E-state index in [1.165, 1.54) is 0 Å². The maximum Gasteiger partial charge on any atom is 0.133 e. The average molecular weight is 260 g/mol. The molecule has 0 aliphatic carbocycles. The van der Waals surface area contributed by atoms with E-state index in [0.29, 0.717) is 6.54 Å². The molecule has 0 saturated heterocycles. The van der Waals surface area contributed by atoms with Gasteiger partial charge >= 0.3 is 0 Å². The highest BCUT2D eigenvalue weighted by Crippen LogP contribution is 2.13. The topological polar surface area (TPSA) is 54.2 Å². The van der Waals surface area contributed by atoms with Gasteiger partial charge in [0, 0.05) is 26.7 Å². The van der Waals surface area contributed by atoms with Gasteiger partial charge < -0.3 is 14.7 Å². The predicted octanol–water partition coefficient (Wildman–Crippen LogP) is 2.29. The van der Waals surface area contributed by atoms with Gasteiger partial charge in [0.1, 0.15) is 17.3 Å². The highest BCUT2D eigenvalue weighted by molar-refractivity contribution is 5.36. The molecule has 0 fully saturated rings. The number of aromatic nitrogens is 2. The van der Waals surface area contributed by atoms with E-state index in [9.17, 15) is 0 Å². The molecular formula is C14H20N4O. The number of hydrogen-bond donors (Lipinski definition) is 1. The van der Waals surface area contributed by atoms with Gasteiger partial charge in [-0.05, 0) is 26.0 Å². The van der Waals surface area contributed by atoms with E-state index in [2.05, 4.69) is 22.4 Å². The molecule has 19 heavy (non-hydrogen) atoms. The third-order valence-electron chi connectivity index (χ3n) is 2.93. The minimum Gasteiger partial charge on any atom is -0.363 e. The third-order valence-corrected chi connectivity index (χ3v) is 2.93. The Morgan fingerprint density at radius 2 is 2.16 bits per heavy atom. The zero-order valence-electron chi connectivity index (χ0n) is 11.8. The number of rotatable bonds is 5. The second kappa shape index (κ2) is 5.84. The summed E-state index contributed by atoms with van der Waals surface area (Å²) in [6.07, 6.45) is 0. The van der Waals surface area contributed by atoms with E-state index in [-0.39, 0.29) is 6.04 Å². The first-order valence-corrected chi connectivity index (χ1v) is 6.36. The van der Waals surface area contributed by atoms with Crippen LogP contribution in [-0.4, -0.2) is 24.2 Å². The lowest BCUT2D eigenvalue weighted by Crippen LogP contribution is -2.20. The van der Waals surface area contributed by atoms with Crippen LogP contribution in [0.4, 0.5) is 5.82 Å². The fourth-order valence-corrected chi connectivity index (χ4v) is 1.77. The molecule has 2 heterocycles. The van der Waals surface area contributed by atoms with Gasteiger partial charge in [-0.2, -0.15) is 0 Å². The SMILES string of the molecule is Cc1cc(C(C)NCc2cccc(N(C)C)n2)no1. The molecule has 5 heteroatoms. The zero-order valence-corrected chi connectivity index (χ0v) is 11.8. The Labute approximate surface area is 113 Å². The average Bonchev–Trinajstić information content (AvgIpc) is 2.83. The Balaban J connectivity index is 1.96. The van der Waals surface area contributed by atoms with Crippen molar-refractivity contribution in [3.8, 4) is 0 Å². The van der Waals surface area contributed by atoms with Gasteiger partial charge in [-0.25, -0.2) is 4.98 Å². The van der Waals surface area contributed by atoms with E-state index < -0.39 is 0 Å². The highest BCUT2D eigenvalue weighted by Gasteiger charge is 2.10. The van der Waals surface area contributed by atoms with Crippen molar-refractivity contribution in [2.75, 3.05) is 19.0 Å². The van der Waals surface area contributed by atoms with Crippen LogP contribution < -0.4 is 10.2 Å². The van der Waals surface area contributed by atoms with Crippen LogP contribution >= 0.6 is 0 Å². The number of pyridine rings is 1. The van der Waals surface area contributed by atoms with Gasteiger partial charge in [0.2, 0.25) is 0 Å². The number of aryl methyl sites for hydroxylation is 1. The largest absolute Gasteiger partial charge is 0.363 e. The molecule has 1 atom stereocenters. The van der Waals surface area contributed by atoms with Crippen molar-refractivity contribution in [1.29, 1.82) is 0 Å². The summed E-state index contributed by atoms with van der Waals surface area (Å²) in [6.45, 7) is 4.66. The molecule has 0 amide bonds. The number of hydrogen-bond acceptors (Lipinski definition) is 5. The van der Waals surface area contributed by atoms with Gasteiger partial charge in [0.25, 0.3) is 0 Å². The van der Waals surface area contributed by atoms with E-state index in [4.69, 9.17) is 4.52 Å². The summed E-state index contributed by atoms with van der Waals surface area (Å²) in [4.78, 5) is 6.56. The van der Waals surface area contributed by atoms with Crippen LogP contribution in [0.3, 0.4) is 0 Å². The highest BCUT2D eigenvalue weighted by atomic mass is 16.5. The summed E-state index contributed by atoms with van der Waals surface area (Å²) in [5, 5.41) is 7.40. The predicted molar refractivity (Wildman–Crippen MR) is 75.1 cm³/mol. The molecule has 1 unspecified atom stereocenters. The van der Waals surface area contributed by atoms with Crippen LogP contribution in [0.25, 0.3) is 0 Å². The Morgan fingerprint density at radius 1 is 1.37 bits per heavy atom. The Hall–Kier alpha value is -1.88. The molecule has 1 N–H and O–H groups in total. The van der Waals surface area contributed by atoms with Crippen LogP contribution in [-0.2, 0) is 6.54 Å². The molecule has 0 bridgehead atoms. The first-order valence-electron chi connectivity index (χ1n) is 6.36. The van der Waals surface area contributed by atoms with Gasteiger partial charge in [0.15, 0.2) is 0 Å². The molecule has 0 radical (unpaired) electrons. The standard InChI is InChI=1S/C14H20N4O/c1-10-8-13(17-19-10)11(2)15-9-12-6-5-7-14(16-12)18(3)4/h5-8,11,15H,9H2,1-4H3. The molecule has 2 aromatic heterocycles. The number of anilines is 1. The van der Waals surface area contributed by atoms with Gasteiger partial charge in [-0.15, -0.1) is 0 Å². The third kappa shape index (κ3) is 3.54. The maximum atomic E-state index is 5.08. The van der Waals surface area contributed by atoms with E-state index in [1.807, 2.05) is 50.2 Å². The van der Waals surface area contributed by atoms with Crippen molar-refractivity contribution < 1.29 is 4.52 Å². The fraction of sp³-hybridized carbons (Fsp3) is 0.429. The summed E-state index contributed by atoms with van der Waals surface area (Å²) in [6, 6.07) is 8.11. The number of nitrogens with zero attached hydrogens (tertiary/aromatic N) is 3. The van der Waals surface area contributed by atoms with Crippen LogP contribution in [0.2, 0.25) is 0 Å². The van der Waals surface area contributed by atoms with Crippen LogP contribution in [0, 0.1) is 6.92 Å². The molecule has 0 saturated carbocycles. The molecule has 0 aliphatic rings. The van der Waals surface area contributed by atoms with Crippen LogP contribution in [0.1, 0.15) is 30.1 Å². The first kappa shape index (κ1) is 13.5. The molecule has 5 nitrogen and oxygen atoms in total. The van der Waals surface area contributed by atoms with Gasteiger partial charge in [-0.1, -0.05) is 11.2 Å². The van der Waals surface area contributed by atoms with Crippen molar-refractivity contribution >= 4 is 5.82 Å². The van der Waals surface area contributed by atoms with Crippen molar-refractivity contribution in [2.45, 2.75) is 26.4 Å². The lowest BCUT2D eigenvalue weighted by molar-refractivity contribution is 0.380. The second-order valence-electron chi connectivity index (χ2n) is 4.85. The molecule has 2 aromatic rings. The summed E-state index contributed by atoms with van der Waals surface area (Å²) >= 11 is 0. The van der Waals surface area contributed by atoms with Crippen LogP contribution in [0.15, 0.2) is 28.8 Å². The maximum absolute atomic E-state index is 5.08. The van der Waals surface area contributed by atoms with E-state index in [0.717, 1.165) is 23.0 Å². The minimum absolute atomic E-state index is 0.141. The first-order chi connectivity index (χ1) is 9.06. The molecule has 102 valence electrons. The van der Waals surface area contributed by atoms with Crippen molar-refractivity contribution in [3.05, 3.63) is 41.4 Å². The van der Waals surface area contributed by atoms with E-state index >= 15 is 0 Å². The zero-order chi connectivity index (χ0) is 13.8. The second-order valence-corrected chi connectivity index (χ2v) is 4.85. The monoisotopic (exact) mass is 260 g/mol. The van der Waals surface area contributed by atoms with Gasteiger partial charge in [0.05, 0.1) is 11.7 Å². The quantitative estimate of drug-likeness (QED) is 0.894. The van der Waals surface area contributed by atoms with Crippen LogP contribution in [0.5, 0.6) is 0 Å². The summed E-state index contributed by atoms with van der Waals surface area (Å²) in [5.74, 6) is 1.79. The Kier molecular flexibility index (Phi) is 4.16. The Morgan fingerprint density at radius 3 is 2.79 bits per heavy atom. The summed E-state index contributed by atoms with van der Waals surface area (Å²) in [7, 11) is 3.97. The minimum atomic E-state index is 0.141. The lowest BCUT2D eigenvalue weighted by atomic mass is 10.2. The van der Waals surface area contributed by atoms with Crippen molar-refractivity contribution in [1.82, 2.24) is 15.5 Å². The summed E-state index contributed by atoms with van der Waals surface area (Å²) in [5.41, 5.74) is 1.93. The Bertz CT molecular complexity index is 536. The summed E-state index contributed by atoms with van der Waals surface area (Å²) < 4.78 is 5.08. The van der Waals surface area contributed by atoms with Gasteiger partial charge in [-0.3, -0.25) is 0 Å². The molecule has 0 aromatic carbocycles. The molecule has 0 spiro atoms. The smallest absolute Gasteiger partial charge is 0.133 e. The molecular weight excluding hydrogens is 240 g/mol. The lowest BCUT2D eigenvalue weighted by Gasteiger charge is -2.14. The van der Waals surface area contributed by atoms with E-state index in [1.54, 1.807) is 0 Å². The molecule has 0 aliphatic heterocycles. The normalized spacial score (nSPS) is 12.4.